The van der Waals surface area contributed by atoms with Crippen LogP contribution in [0.25, 0.3) is 122 Å². The molecule has 1 aliphatic rings. The number of benzene rings is 10. The molecule has 12 aromatic rings. The zero-order valence-electron chi connectivity index (χ0n) is 36.6. The highest BCUT2D eigenvalue weighted by Crippen LogP contribution is 2.53. The van der Waals surface area contributed by atoms with Crippen LogP contribution in [-0.4, -0.2) is 9.97 Å². The van der Waals surface area contributed by atoms with E-state index in [1.165, 1.54) is 44.2 Å². The highest BCUT2D eigenvalue weighted by Gasteiger charge is 2.37. The summed E-state index contributed by atoms with van der Waals surface area (Å²) in [6, 6.07) is 78.5. The quantitative estimate of drug-likeness (QED) is 0.167. The molecule has 3 nitrogen and oxygen atoms in total. The molecule has 0 saturated carbocycles. The van der Waals surface area contributed by atoms with Gasteiger partial charge in [-0.15, -0.1) is 0 Å². The van der Waals surface area contributed by atoms with Gasteiger partial charge in [0.05, 0.1) is 11.4 Å². The molecule has 0 aliphatic heterocycles. The lowest BCUT2D eigenvalue weighted by atomic mass is 9.81. The van der Waals surface area contributed by atoms with Gasteiger partial charge < -0.3 is 4.42 Å². The monoisotopic (exact) mass is 842 g/mol. The fourth-order valence-electron chi connectivity index (χ4n) is 10.5. The van der Waals surface area contributed by atoms with E-state index in [0.29, 0.717) is 5.82 Å². The largest absolute Gasteiger partial charge is 0.455 e. The van der Waals surface area contributed by atoms with E-state index >= 15 is 0 Å². The van der Waals surface area contributed by atoms with Gasteiger partial charge in [-0.1, -0.05) is 184 Å². The second-order valence-electron chi connectivity index (χ2n) is 18.1. The first-order valence-electron chi connectivity index (χ1n) is 22.7. The van der Waals surface area contributed by atoms with Crippen LogP contribution in [0.15, 0.2) is 223 Å². The van der Waals surface area contributed by atoms with E-state index in [2.05, 4.69) is 220 Å². The van der Waals surface area contributed by atoms with Crippen molar-refractivity contribution in [3.8, 4) is 78.4 Å². The third-order valence-corrected chi connectivity index (χ3v) is 13.8. The average Bonchev–Trinajstić information content (AvgIpc) is 3.86. The minimum absolute atomic E-state index is 0.159. The molecule has 310 valence electrons. The second kappa shape index (κ2) is 14.8. The van der Waals surface area contributed by atoms with Crippen LogP contribution in [0.2, 0.25) is 0 Å². The summed E-state index contributed by atoms with van der Waals surface area (Å²) in [5.74, 6) is 0.709. The van der Waals surface area contributed by atoms with E-state index in [4.69, 9.17) is 14.4 Å². The molecular formula is C63H42N2O. The van der Waals surface area contributed by atoms with Gasteiger partial charge >= 0.3 is 0 Å². The summed E-state index contributed by atoms with van der Waals surface area (Å²) in [5, 5.41) is 7.05. The van der Waals surface area contributed by atoms with Gasteiger partial charge in [-0.3, -0.25) is 0 Å². The van der Waals surface area contributed by atoms with E-state index in [-0.39, 0.29) is 5.41 Å². The van der Waals surface area contributed by atoms with Gasteiger partial charge in [0.25, 0.3) is 0 Å². The van der Waals surface area contributed by atoms with Crippen molar-refractivity contribution in [2.75, 3.05) is 0 Å². The van der Waals surface area contributed by atoms with E-state index in [0.717, 1.165) is 83.0 Å². The molecule has 0 spiro atoms. The Kier molecular flexibility index (Phi) is 8.56. The van der Waals surface area contributed by atoms with Crippen LogP contribution >= 0.6 is 0 Å². The van der Waals surface area contributed by atoms with Gasteiger partial charge in [0, 0.05) is 38.4 Å². The molecule has 0 unspecified atom stereocenters. The van der Waals surface area contributed by atoms with Crippen LogP contribution in [0.5, 0.6) is 0 Å². The number of aromatic nitrogens is 2. The van der Waals surface area contributed by atoms with Gasteiger partial charge in [0.1, 0.15) is 11.2 Å². The van der Waals surface area contributed by atoms with Gasteiger partial charge in [0.15, 0.2) is 5.82 Å². The summed E-state index contributed by atoms with van der Waals surface area (Å²) in [6.45, 7) is 4.69. The van der Waals surface area contributed by atoms with E-state index < -0.39 is 0 Å². The lowest BCUT2D eigenvalue weighted by molar-refractivity contribution is 0.661. The van der Waals surface area contributed by atoms with Crippen LogP contribution in [0.1, 0.15) is 25.0 Å². The molecular weight excluding hydrogens is 801 g/mol. The maximum Gasteiger partial charge on any atom is 0.160 e. The highest BCUT2D eigenvalue weighted by atomic mass is 16.3. The Labute approximate surface area is 383 Å². The summed E-state index contributed by atoms with van der Waals surface area (Å²) in [5.41, 5.74) is 18.7. The van der Waals surface area contributed by atoms with Crippen molar-refractivity contribution in [3.63, 3.8) is 0 Å². The zero-order valence-corrected chi connectivity index (χ0v) is 36.6. The third-order valence-electron chi connectivity index (χ3n) is 13.8. The van der Waals surface area contributed by atoms with Crippen LogP contribution in [0.4, 0.5) is 0 Å². The Morgan fingerprint density at radius 3 is 1.74 bits per heavy atom. The van der Waals surface area contributed by atoms with Crippen LogP contribution in [0, 0.1) is 0 Å². The van der Waals surface area contributed by atoms with Crippen molar-refractivity contribution in [3.05, 3.63) is 230 Å². The maximum absolute atomic E-state index is 6.53. The lowest BCUT2D eigenvalue weighted by Crippen LogP contribution is -2.14. The minimum atomic E-state index is -0.159. The van der Waals surface area contributed by atoms with Crippen molar-refractivity contribution in [1.82, 2.24) is 9.97 Å². The summed E-state index contributed by atoms with van der Waals surface area (Å²) in [6.07, 6.45) is 0. The topological polar surface area (TPSA) is 38.9 Å². The molecule has 0 bridgehead atoms. The minimum Gasteiger partial charge on any atom is -0.455 e. The Balaban J connectivity index is 0.926. The highest BCUT2D eigenvalue weighted by molar-refractivity contribution is 6.12. The van der Waals surface area contributed by atoms with Gasteiger partial charge in [-0.05, 0) is 120 Å². The van der Waals surface area contributed by atoms with Crippen molar-refractivity contribution >= 4 is 43.5 Å². The first-order valence-corrected chi connectivity index (χ1v) is 22.7. The maximum atomic E-state index is 6.53. The van der Waals surface area contributed by atoms with Crippen LogP contribution in [0.3, 0.4) is 0 Å². The average molecular weight is 843 g/mol. The molecule has 0 saturated heterocycles. The van der Waals surface area contributed by atoms with Crippen molar-refractivity contribution < 1.29 is 4.42 Å². The summed E-state index contributed by atoms with van der Waals surface area (Å²) >= 11 is 0. The summed E-state index contributed by atoms with van der Waals surface area (Å²) < 4.78 is 6.53. The summed E-state index contributed by atoms with van der Waals surface area (Å²) in [7, 11) is 0. The van der Waals surface area contributed by atoms with Gasteiger partial charge in [0.2, 0.25) is 0 Å². The molecule has 2 aromatic heterocycles. The predicted molar refractivity (Wildman–Crippen MR) is 275 cm³/mol. The number of fused-ring (bicyclic) bond motifs is 8. The fourth-order valence-corrected chi connectivity index (χ4v) is 10.5. The van der Waals surface area contributed by atoms with Crippen LogP contribution in [-0.2, 0) is 5.41 Å². The van der Waals surface area contributed by atoms with Gasteiger partial charge in [-0.25, -0.2) is 9.97 Å². The van der Waals surface area contributed by atoms with Crippen molar-refractivity contribution in [2.24, 2.45) is 0 Å². The van der Waals surface area contributed by atoms with E-state index in [9.17, 15) is 0 Å². The number of furan rings is 1. The number of nitrogens with zero attached hydrogens (tertiary/aromatic N) is 2. The standard InChI is InChI=1S/C63H42N2O/c1-63(2)55-26-15-25-51(60(55)54-34-41-20-9-10-21-42(41)37-56(54)63)58-38-57(64-62(65-58)40-18-7-4-8-19-40)46-31-29-43-32-45(30-28-44(43)33-46)48-22-11-12-23-49(48)47-35-52(39-16-5-3-6-17-39)61-53(36-47)50-24-13-14-27-59(50)66-61/h3-38H,1-2H3. The van der Waals surface area contributed by atoms with Crippen molar-refractivity contribution in [1.29, 1.82) is 0 Å². The molecule has 1 aliphatic carbocycles. The van der Waals surface area contributed by atoms with Crippen molar-refractivity contribution in [2.45, 2.75) is 19.3 Å². The molecule has 0 atom stereocenters. The molecule has 2 heterocycles. The molecule has 0 amide bonds. The Morgan fingerprint density at radius 2 is 0.955 bits per heavy atom. The first kappa shape index (κ1) is 38.1. The molecule has 0 radical (unpaired) electrons. The molecule has 10 aromatic carbocycles. The Morgan fingerprint density at radius 1 is 0.348 bits per heavy atom. The number of para-hydroxylation sites is 1. The van der Waals surface area contributed by atoms with Gasteiger partial charge in [-0.2, -0.15) is 0 Å². The number of hydrogen-bond acceptors (Lipinski definition) is 3. The van der Waals surface area contributed by atoms with E-state index in [1.807, 2.05) is 12.1 Å². The normalized spacial score (nSPS) is 12.8. The Hall–Kier alpha value is -8.40. The SMILES string of the molecule is CC1(C)c2cc3ccccc3cc2-c2c(-c3cc(-c4ccc5cc(-c6ccccc6-c6cc(-c7ccccc7)c7oc8ccccc8c7c6)ccc5c4)nc(-c4ccccc4)n3)cccc21. The molecule has 66 heavy (non-hydrogen) atoms. The first-order chi connectivity index (χ1) is 32.4. The predicted octanol–water partition coefficient (Wildman–Crippen LogP) is 17.0. The Bertz CT molecular complexity index is 3900. The molecule has 0 fully saturated rings. The third kappa shape index (κ3) is 6.12. The smallest absolute Gasteiger partial charge is 0.160 e. The molecule has 0 N–H and O–H groups in total. The molecule has 3 heteroatoms. The zero-order chi connectivity index (χ0) is 43.9. The van der Waals surface area contributed by atoms with E-state index in [1.54, 1.807) is 0 Å². The number of rotatable bonds is 6. The molecule has 13 rings (SSSR count). The second-order valence-corrected chi connectivity index (χ2v) is 18.1. The van der Waals surface area contributed by atoms with Crippen LogP contribution < -0.4 is 0 Å². The fraction of sp³-hybridized carbons (Fsp3) is 0.0476. The lowest BCUT2D eigenvalue weighted by Gasteiger charge is -2.22. The summed E-state index contributed by atoms with van der Waals surface area (Å²) in [4.78, 5) is 10.6. The number of hydrogen-bond donors (Lipinski definition) is 0.